The third-order valence-electron chi connectivity index (χ3n) is 2.96. The van der Waals surface area contributed by atoms with Crippen molar-refractivity contribution in [3.8, 4) is 5.75 Å². The molecule has 0 fully saturated rings. The molecule has 2 heterocycles. The van der Waals surface area contributed by atoms with Gasteiger partial charge in [-0.1, -0.05) is 0 Å². The molecule has 0 atom stereocenters. The number of benzene rings is 1. The Morgan fingerprint density at radius 1 is 1.30 bits per heavy atom. The van der Waals surface area contributed by atoms with Gasteiger partial charge in [-0.25, -0.2) is 0 Å². The topological polar surface area (TPSA) is 62.3 Å². The quantitative estimate of drug-likeness (QED) is 0.563. The van der Waals surface area contributed by atoms with Gasteiger partial charge >= 0.3 is 0 Å². The van der Waals surface area contributed by atoms with E-state index in [1.165, 1.54) is 0 Å². The van der Waals surface area contributed by atoms with Crippen LogP contribution in [0.3, 0.4) is 0 Å². The Bertz CT molecular complexity index is 735. The summed E-state index contributed by atoms with van der Waals surface area (Å²) in [6, 6.07) is 11.5. The van der Waals surface area contributed by atoms with Crippen LogP contribution in [0.5, 0.6) is 5.75 Å². The van der Waals surface area contributed by atoms with Crippen LogP contribution in [0.25, 0.3) is 10.9 Å². The van der Waals surface area contributed by atoms with E-state index >= 15 is 0 Å². The van der Waals surface area contributed by atoms with Gasteiger partial charge in [-0.3, -0.25) is 10.4 Å². The Morgan fingerprint density at radius 3 is 3.05 bits per heavy atom. The number of ether oxygens (including phenoxy) is 1. The van der Waals surface area contributed by atoms with Crippen molar-refractivity contribution in [3.63, 3.8) is 0 Å². The molecule has 0 radical (unpaired) electrons. The highest BCUT2D eigenvalue weighted by molar-refractivity contribution is 5.92. The summed E-state index contributed by atoms with van der Waals surface area (Å²) < 4.78 is 5.20. The summed E-state index contributed by atoms with van der Waals surface area (Å²) in [5, 5.41) is 5.21. The molecule has 0 unspecified atom stereocenters. The number of hydrogen-bond donors (Lipinski definition) is 2. The molecule has 0 saturated heterocycles. The summed E-state index contributed by atoms with van der Waals surface area (Å²) in [4.78, 5) is 7.39. The number of anilines is 1. The fourth-order valence-corrected chi connectivity index (χ4v) is 1.95. The zero-order chi connectivity index (χ0) is 13.8. The van der Waals surface area contributed by atoms with Crippen molar-refractivity contribution < 1.29 is 4.74 Å². The average molecular weight is 266 g/mol. The lowest BCUT2D eigenvalue weighted by atomic mass is 10.2. The molecule has 2 N–H and O–H groups in total. The van der Waals surface area contributed by atoms with Crippen LogP contribution in [0.1, 0.15) is 5.69 Å². The number of methoxy groups -OCH3 is 1. The minimum atomic E-state index is 0.789. The molecular formula is C15H14N4O. The van der Waals surface area contributed by atoms with E-state index in [0.717, 1.165) is 28.0 Å². The fourth-order valence-electron chi connectivity index (χ4n) is 1.95. The second kappa shape index (κ2) is 5.44. The van der Waals surface area contributed by atoms with Crippen LogP contribution in [0, 0.1) is 0 Å². The molecule has 0 saturated carbocycles. The van der Waals surface area contributed by atoms with Gasteiger partial charge in [0.25, 0.3) is 0 Å². The average Bonchev–Trinajstić information content (AvgIpc) is 3.00. The first-order valence-electron chi connectivity index (χ1n) is 6.22. The highest BCUT2D eigenvalue weighted by Crippen LogP contribution is 2.25. The Kier molecular flexibility index (Phi) is 3.33. The second-order valence-electron chi connectivity index (χ2n) is 4.24. The zero-order valence-electron chi connectivity index (χ0n) is 11.0. The summed E-state index contributed by atoms with van der Waals surface area (Å²) in [5.41, 5.74) is 5.74. The van der Waals surface area contributed by atoms with Gasteiger partial charge in [0.05, 0.1) is 30.2 Å². The van der Waals surface area contributed by atoms with Crippen molar-refractivity contribution in [1.82, 2.24) is 9.97 Å². The minimum absolute atomic E-state index is 0.789. The van der Waals surface area contributed by atoms with Crippen molar-refractivity contribution >= 4 is 22.8 Å². The van der Waals surface area contributed by atoms with Crippen LogP contribution >= 0.6 is 0 Å². The lowest BCUT2D eigenvalue weighted by molar-refractivity contribution is 0.415. The first-order valence-corrected chi connectivity index (χ1v) is 6.22. The van der Waals surface area contributed by atoms with Crippen molar-refractivity contribution in [3.05, 3.63) is 54.5 Å². The maximum atomic E-state index is 5.20. The fraction of sp³-hybridized carbons (Fsp3) is 0.0667. The Labute approximate surface area is 116 Å². The third-order valence-corrected chi connectivity index (χ3v) is 2.96. The smallest absolute Gasteiger partial charge is 0.121 e. The van der Waals surface area contributed by atoms with Gasteiger partial charge in [-0.05, 0) is 30.3 Å². The van der Waals surface area contributed by atoms with Crippen molar-refractivity contribution in [2.24, 2.45) is 5.10 Å². The number of aromatic amines is 1. The molecule has 3 aromatic rings. The van der Waals surface area contributed by atoms with Gasteiger partial charge in [-0.2, -0.15) is 5.10 Å². The number of H-pyrrole nitrogens is 1. The molecule has 5 nitrogen and oxygen atoms in total. The SMILES string of the molecule is COc1ccc2c(N/N=C/c3ccc[nH]3)ccnc2c1. The second-order valence-corrected chi connectivity index (χ2v) is 4.24. The number of aromatic nitrogens is 2. The van der Waals surface area contributed by atoms with Crippen LogP contribution in [0.4, 0.5) is 5.69 Å². The normalized spacial score (nSPS) is 11.1. The van der Waals surface area contributed by atoms with E-state index in [2.05, 4.69) is 20.5 Å². The Hall–Kier alpha value is -2.82. The summed E-state index contributed by atoms with van der Waals surface area (Å²) in [5.74, 6) is 0.789. The Morgan fingerprint density at radius 2 is 2.25 bits per heavy atom. The number of hydrogen-bond acceptors (Lipinski definition) is 4. The highest BCUT2D eigenvalue weighted by Gasteiger charge is 2.02. The van der Waals surface area contributed by atoms with E-state index in [1.54, 1.807) is 19.5 Å². The predicted molar refractivity (Wildman–Crippen MR) is 80.3 cm³/mol. The summed E-state index contributed by atoms with van der Waals surface area (Å²) in [7, 11) is 1.64. The van der Waals surface area contributed by atoms with Gasteiger partial charge < -0.3 is 9.72 Å². The number of nitrogens with zero attached hydrogens (tertiary/aromatic N) is 2. The minimum Gasteiger partial charge on any atom is -0.497 e. The molecule has 20 heavy (non-hydrogen) atoms. The molecule has 0 amide bonds. The molecule has 1 aromatic carbocycles. The third kappa shape index (κ3) is 2.47. The molecular weight excluding hydrogens is 252 g/mol. The molecule has 0 aliphatic rings. The number of pyridine rings is 1. The van der Waals surface area contributed by atoms with Crippen LogP contribution in [0.15, 0.2) is 53.9 Å². The number of fused-ring (bicyclic) bond motifs is 1. The van der Waals surface area contributed by atoms with E-state index in [4.69, 9.17) is 4.74 Å². The first kappa shape index (κ1) is 12.2. The first-order chi connectivity index (χ1) is 9.86. The predicted octanol–water partition coefficient (Wildman–Crippen LogP) is 3.02. The molecule has 3 rings (SSSR count). The molecule has 100 valence electrons. The van der Waals surface area contributed by atoms with E-state index < -0.39 is 0 Å². The molecule has 0 spiro atoms. The highest BCUT2D eigenvalue weighted by atomic mass is 16.5. The lowest BCUT2D eigenvalue weighted by Gasteiger charge is -2.06. The zero-order valence-corrected chi connectivity index (χ0v) is 11.0. The van der Waals surface area contributed by atoms with Crippen LogP contribution < -0.4 is 10.2 Å². The van der Waals surface area contributed by atoms with Crippen LogP contribution in [-0.4, -0.2) is 23.3 Å². The monoisotopic (exact) mass is 266 g/mol. The standard InChI is InChI=1S/C15H14N4O/c1-20-12-4-5-13-14(6-8-17-15(13)9-12)19-18-10-11-3-2-7-16-11/h2-10,16H,1H3,(H,17,19)/b18-10+. The molecule has 0 bridgehead atoms. The Balaban J connectivity index is 1.88. The summed E-state index contributed by atoms with van der Waals surface area (Å²) in [6.07, 6.45) is 5.33. The summed E-state index contributed by atoms with van der Waals surface area (Å²) >= 11 is 0. The largest absolute Gasteiger partial charge is 0.497 e. The summed E-state index contributed by atoms with van der Waals surface area (Å²) in [6.45, 7) is 0. The van der Waals surface area contributed by atoms with Crippen LogP contribution in [-0.2, 0) is 0 Å². The van der Waals surface area contributed by atoms with Gasteiger partial charge in [0.2, 0.25) is 0 Å². The van der Waals surface area contributed by atoms with E-state index in [9.17, 15) is 0 Å². The van der Waals surface area contributed by atoms with Gasteiger partial charge in [0.15, 0.2) is 0 Å². The van der Waals surface area contributed by atoms with Crippen LogP contribution in [0.2, 0.25) is 0 Å². The molecule has 0 aliphatic heterocycles. The maximum Gasteiger partial charge on any atom is 0.121 e. The van der Waals surface area contributed by atoms with E-state index in [1.807, 2.05) is 42.6 Å². The van der Waals surface area contributed by atoms with Crippen molar-refractivity contribution in [2.45, 2.75) is 0 Å². The number of rotatable bonds is 4. The molecule has 0 aliphatic carbocycles. The number of hydrazone groups is 1. The maximum absolute atomic E-state index is 5.20. The van der Waals surface area contributed by atoms with Gasteiger partial charge in [0.1, 0.15) is 5.75 Å². The molecule has 2 aromatic heterocycles. The van der Waals surface area contributed by atoms with Gasteiger partial charge in [0, 0.05) is 23.8 Å². The van der Waals surface area contributed by atoms with E-state index in [-0.39, 0.29) is 0 Å². The van der Waals surface area contributed by atoms with Crippen molar-refractivity contribution in [2.75, 3.05) is 12.5 Å². The molecule has 5 heteroatoms. The lowest BCUT2D eigenvalue weighted by Crippen LogP contribution is -1.93. The van der Waals surface area contributed by atoms with E-state index in [0.29, 0.717) is 0 Å². The number of nitrogens with one attached hydrogen (secondary N) is 2. The van der Waals surface area contributed by atoms with Gasteiger partial charge in [-0.15, -0.1) is 0 Å². The van der Waals surface area contributed by atoms with Crippen molar-refractivity contribution in [1.29, 1.82) is 0 Å².